The van der Waals surface area contributed by atoms with Gasteiger partial charge in [-0.1, -0.05) is 31.7 Å². The first-order valence-corrected chi connectivity index (χ1v) is 9.65. The molecule has 0 radical (unpaired) electrons. The van der Waals surface area contributed by atoms with Gasteiger partial charge in [0.25, 0.3) is 0 Å². The number of rotatable bonds is 4. The highest BCUT2D eigenvalue weighted by Gasteiger charge is 2.15. The Morgan fingerprint density at radius 3 is 2.52 bits per heavy atom. The van der Waals surface area contributed by atoms with Crippen LogP contribution in [0.3, 0.4) is 0 Å². The van der Waals surface area contributed by atoms with Gasteiger partial charge in [0.05, 0.1) is 6.54 Å². The first-order valence-electron chi connectivity index (χ1n) is 9.65. The van der Waals surface area contributed by atoms with E-state index in [4.69, 9.17) is 5.73 Å². The van der Waals surface area contributed by atoms with Crippen molar-refractivity contribution >= 4 is 11.8 Å². The second-order valence-corrected chi connectivity index (χ2v) is 7.35. The number of aromatic nitrogens is 1. The highest BCUT2D eigenvalue weighted by Crippen LogP contribution is 2.17. The lowest BCUT2D eigenvalue weighted by Gasteiger charge is -2.33. The first kappa shape index (κ1) is 18.0. The minimum atomic E-state index is 0.490. The molecular weight excluding hydrogens is 312 g/mol. The molecule has 2 heterocycles. The van der Waals surface area contributed by atoms with E-state index in [2.05, 4.69) is 44.3 Å². The molecule has 1 aromatic rings. The molecule has 1 saturated carbocycles. The molecule has 0 bridgehead atoms. The fourth-order valence-electron chi connectivity index (χ4n) is 3.59. The van der Waals surface area contributed by atoms with Crippen LogP contribution in [0, 0.1) is 0 Å². The van der Waals surface area contributed by atoms with Crippen molar-refractivity contribution in [2.24, 2.45) is 10.7 Å². The van der Waals surface area contributed by atoms with Crippen molar-refractivity contribution < 1.29 is 0 Å². The molecule has 0 atom stereocenters. The van der Waals surface area contributed by atoms with E-state index in [1.165, 1.54) is 38.5 Å². The summed E-state index contributed by atoms with van der Waals surface area (Å²) < 4.78 is 0. The van der Waals surface area contributed by atoms with E-state index >= 15 is 0 Å². The topological polar surface area (TPSA) is 69.8 Å². The van der Waals surface area contributed by atoms with Crippen LogP contribution in [0.25, 0.3) is 0 Å². The molecule has 3 rings (SSSR count). The normalized spacial score (nSPS) is 21.2. The molecule has 138 valence electrons. The van der Waals surface area contributed by atoms with Crippen LogP contribution in [0.15, 0.2) is 23.3 Å². The summed E-state index contributed by atoms with van der Waals surface area (Å²) in [6.07, 6.45) is 9.62. The number of anilines is 1. The number of pyridine rings is 1. The van der Waals surface area contributed by atoms with Crippen LogP contribution >= 0.6 is 0 Å². The van der Waals surface area contributed by atoms with Gasteiger partial charge in [-0.25, -0.2) is 9.98 Å². The van der Waals surface area contributed by atoms with Crippen LogP contribution in [0.5, 0.6) is 0 Å². The summed E-state index contributed by atoms with van der Waals surface area (Å²) >= 11 is 0. The number of nitrogens with two attached hydrogens (primary N) is 1. The fourth-order valence-corrected chi connectivity index (χ4v) is 3.59. The molecule has 6 heteroatoms. The average molecular weight is 345 g/mol. The van der Waals surface area contributed by atoms with Crippen molar-refractivity contribution in [2.75, 3.05) is 38.1 Å². The maximum atomic E-state index is 6.07. The lowest BCUT2D eigenvalue weighted by molar-refractivity contribution is 0.312. The summed E-state index contributed by atoms with van der Waals surface area (Å²) in [6, 6.07) is 4.71. The van der Waals surface area contributed by atoms with E-state index in [9.17, 15) is 0 Å². The molecule has 2 aliphatic rings. The van der Waals surface area contributed by atoms with E-state index in [1.54, 1.807) is 0 Å². The zero-order valence-corrected chi connectivity index (χ0v) is 15.5. The minimum Gasteiger partial charge on any atom is -0.370 e. The minimum absolute atomic E-state index is 0.490. The largest absolute Gasteiger partial charge is 0.370 e. The third-order valence-electron chi connectivity index (χ3n) is 5.28. The van der Waals surface area contributed by atoms with Crippen LogP contribution in [-0.2, 0) is 6.54 Å². The number of hydrogen-bond donors (Lipinski definition) is 2. The van der Waals surface area contributed by atoms with E-state index in [0.29, 0.717) is 18.5 Å². The van der Waals surface area contributed by atoms with Gasteiger partial charge in [0.2, 0.25) is 0 Å². The SMILES string of the molecule is CN1CCN(c2ccc(CN=C(N)NC3CCCCCC3)cn2)CC1. The molecule has 1 aromatic heterocycles. The van der Waals surface area contributed by atoms with E-state index in [0.717, 1.165) is 37.6 Å². The van der Waals surface area contributed by atoms with Crippen LogP contribution in [0.4, 0.5) is 5.82 Å². The molecule has 3 N–H and O–H groups in total. The fraction of sp³-hybridized carbons (Fsp3) is 0.684. The number of nitrogens with zero attached hydrogens (tertiary/aromatic N) is 4. The van der Waals surface area contributed by atoms with Gasteiger partial charge in [0.15, 0.2) is 5.96 Å². The van der Waals surface area contributed by atoms with E-state index in [-0.39, 0.29) is 0 Å². The molecule has 1 saturated heterocycles. The predicted octanol–water partition coefficient (Wildman–Crippen LogP) is 1.96. The molecule has 2 fully saturated rings. The maximum Gasteiger partial charge on any atom is 0.189 e. The summed E-state index contributed by atoms with van der Waals surface area (Å²) in [4.78, 5) is 13.8. The van der Waals surface area contributed by atoms with E-state index < -0.39 is 0 Å². The molecule has 1 aliphatic heterocycles. The van der Waals surface area contributed by atoms with Crippen LogP contribution in [0.2, 0.25) is 0 Å². The predicted molar refractivity (Wildman–Crippen MR) is 104 cm³/mol. The quantitative estimate of drug-likeness (QED) is 0.496. The number of aliphatic imine (C=N–C) groups is 1. The van der Waals surface area contributed by atoms with Gasteiger partial charge in [-0.05, 0) is 31.5 Å². The van der Waals surface area contributed by atoms with Gasteiger partial charge in [-0.3, -0.25) is 0 Å². The number of nitrogens with one attached hydrogen (secondary N) is 1. The number of guanidine groups is 1. The smallest absolute Gasteiger partial charge is 0.189 e. The van der Waals surface area contributed by atoms with Gasteiger partial charge in [-0.15, -0.1) is 0 Å². The number of piperazine rings is 1. The van der Waals surface area contributed by atoms with Crippen LogP contribution in [0.1, 0.15) is 44.1 Å². The van der Waals surface area contributed by atoms with Crippen molar-refractivity contribution in [1.29, 1.82) is 0 Å². The summed E-state index contributed by atoms with van der Waals surface area (Å²) in [5.74, 6) is 1.63. The van der Waals surface area contributed by atoms with Crippen LogP contribution in [-0.4, -0.2) is 55.1 Å². The number of hydrogen-bond acceptors (Lipinski definition) is 4. The van der Waals surface area contributed by atoms with Gasteiger partial charge in [0, 0.05) is 38.4 Å². The molecule has 0 aromatic carbocycles. The van der Waals surface area contributed by atoms with Crippen molar-refractivity contribution in [1.82, 2.24) is 15.2 Å². The maximum absolute atomic E-state index is 6.07. The monoisotopic (exact) mass is 344 g/mol. The van der Waals surface area contributed by atoms with Gasteiger partial charge >= 0.3 is 0 Å². The highest BCUT2D eigenvalue weighted by molar-refractivity contribution is 5.78. The highest BCUT2D eigenvalue weighted by atomic mass is 15.3. The second-order valence-electron chi connectivity index (χ2n) is 7.35. The van der Waals surface area contributed by atoms with Crippen molar-refractivity contribution in [3.05, 3.63) is 23.9 Å². The van der Waals surface area contributed by atoms with E-state index in [1.807, 2.05) is 6.20 Å². The third kappa shape index (κ3) is 5.59. The zero-order chi connectivity index (χ0) is 17.5. The van der Waals surface area contributed by atoms with Gasteiger partial charge < -0.3 is 20.9 Å². The van der Waals surface area contributed by atoms with Crippen molar-refractivity contribution in [3.63, 3.8) is 0 Å². The Morgan fingerprint density at radius 2 is 1.88 bits per heavy atom. The molecular formula is C19H32N6. The molecule has 1 aliphatic carbocycles. The van der Waals surface area contributed by atoms with Crippen molar-refractivity contribution in [2.45, 2.75) is 51.1 Å². The summed E-state index contributed by atoms with van der Waals surface area (Å²) in [7, 11) is 2.17. The second kappa shape index (κ2) is 9.04. The standard InChI is InChI=1S/C19H32N6/c1-24-10-12-25(13-11-24)18-9-8-16(14-21-18)15-22-19(20)23-17-6-4-2-3-5-7-17/h8-9,14,17H,2-7,10-13,15H2,1H3,(H3,20,22,23). The van der Waals surface area contributed by atoms with Crippen LogP contribution < -0.4 is 16.0 Å². The Labute approximate surface area is 151 Å². The lowest BCUT2D eigenvalue weighted by atomic mass is 10.1. The molecule has 6 nitrogen and oxygen atoms in total. The Morgan fingerprint density at radius 1 is 1.16 bits per heavy atom. The molecule has 0 amide bonds. The molecule has 25 heavy (non-hydrogen) atoms. The Hall–Kier alpha value is -1.82. The first-order chi connectivity index (χ1) is 12.2. The van der Waals surface area contributed by atoms with Gasteiger partial charge in [0.1, 0.15) is 5.82 Å². The Balaban J connectivity index is 1.49. The van der Waals surface area contributed by atoms with Gasteiger partial charge in [-0.2, -0.15) is 0 Å². The number of likely N-dealkylation sites (N-methyl/N-ethyl adjacent to an activating group) is 1. The summed E-state index contributed by atoms with van der Waals surface area (Å²) in [6.45, 7) is 4.86. The third-order valence-corrected chi connectivity index (χ3v) is 5.28. The Bertz CT molecular complexity index is 540. The summed E-state index contributed by atoms with van der Waals surface area (Å²) in [5, 5.41) is 3.39. The molecule has 0 spiro atoms. The summed E-state index contributed by atoms with van der Waals surface area (Å²) in [5.41, 5.74) is 7.17. The van der Waals surface area contributed by atoms with Crippen molar-refractivity contribution in [3.8, 4) is 0 Å². The Kier molecular flexibility index (Phi) is 6.50. The molecule has 0 unspecified atom stereocenters. The lowest BCUT2D eigenvalue weighted by Crippen LogP contribution is -2.44. The average Bonchev–Trinajstić information content (AvgIpc) is 2.90. The zero-order valence-electron chi connectivity index (χ0n) is 15.5.